The number of aryl methyl sites for hydroxylation is 2. The minimum absolute atomic E-state index is 0.0218. The number of thiazole rings is 1. The van der Waals surface area contributed by atoms with E-state index in [1.165, 1.54) is 5.01 Å². The molecular formula is C18H22N2OS. The van der Waals surface area contributed by atoms with E-state index in [1.54, 1.807) is 17.4 Å². The molecule has 0 saturated carbocycles. The number of unbranched alkanes of at least 4 members (excludes halogenated alkanes) is 1. The van der Waals surface area contributed by atoms with Crippen molar-refractivity contribution in [1.29, 1.82) is 0 Å². The number of amides is 1. The van der Waals surface area contributed by atoms with Gasteiger partial charge in [-0.2, -0.15) is 0 Å². The molecule has 0 spiro atoms. The number of allylic oxidation sites excluding steroid dienone is 1. The zero-order valence-corrected chi connectivity index (χ0v) is 14.0. The number of rotatable bonds is 7. The molecule has 2 rings (SSSR count). The SMILES string of the molecule is C/C(=C/C(=O)NCCCCc1nc(C)cs1)c1ccccc1. The van der Waals surface area contributed by atoms with Gasteiger partial charge in [-0.05, 0) is 44.2 Å². The van der Waals surface area contributed by atoms with Crippen LogP contribution in [0, 0.1) is 6.92 Å². The van der Waals surface area contributed by atoms with E-state index in [0.717, 1.165) is 36.1 Å². The van der Waals surface area contributed by atoms with Crippen LogP contribution in [0.1, 0.15) is 36.0 Å². The minimum Gasteiger partial charge on any atom is -0.353 e. The number of nitrogens with zero attached hydrogens (tertiary/aromatic N) is 1. The molecule has 0 fully saturated rings. The van der Waals surface area contributed by atoms with E-state index < -0.39 is 0 Å². The van der Waals surface area contributed by atoms with Gasteiger partial charge < -0.3 is 5.32 Å². The smallest absolute Gasteiger partial charge is 0.244 e. The fourth-order valence-electron chi connectivity index (χ4n) is 2.16. The van der Waals surface area contributed by atoms with Crippen molar-refractivity contribution in [3.05, 3.63) is 58.1 Å². The second-order valence-corrected chi connectivity index (χ2v) is 6.27. The predicted molar refractivity (Wildman–Crippen MR) is 92.9 cm³/mol. The van der Waals surface area contributed by atoms with Gasteiger partial charge in [0.25, 0.3) is 0 Å². The summed E-state index contributed by atoms with van der Waals surface area (Å²) in [5, 5.41) is 6.20. The van der Waals surface area contributed by atoms with Crippen LogP contribution in [0.3, 0.4) is 0 Å². The normalized spacial score (nSPS) is 11.5. The average Bonchev–Trinajstić information content (AvgIpc) is 2.93. The van der Waals surface area contributed by atoms with Crippen LogP contribution in [0.15, 0.2) is 41.8 Å². The Labute approximate surface area is 136 Å². The Hall–Kier alpha value is -1.94. The van der Waals surface area contributed by atoms with E-state index >= 15 is 0 Å². The summed E-state index contributed by atoms with van der Waals surface area (Å²) in [6.07, 6.45) is 4.68. The molecule has 4 heteroatoms. The third-order valence-corrected chi connectivity index (χ3v) is 4.39. The molecule has 22 heavy (non-hydrogen) atoms. The van der Waals surface area contributed by atoms with Gasteiger partial charge in [-0.15, -0.1) is 11.3 Å². The van der Waals surface area contributed by atoms with Gasteiger partial charge in [0.1, 0.15) is 0 Å². The van der Waals surface area contributed by atoms with Crippen molar-refractivity contribution in [2.24, 2.45) is 0 Å². The first-order valence-electron chi connectivity index (χ1n) is 7.57. The molecule has 2 aromatic rings. The molecule has 0 radical (unpaired) electrons. The van der Waals surface area contributed by atoms with Gasteiger partial charge in [0.2, 0.25) is 5.91 Å². The summed E-state index contributed by atoms with van der Waals surface area (Å²) < 4.78 is 0. The molecule has 1 amide bonds. The lowest BCUT2D eigenvalue weighted by atomic mass is 10.1. The lowest BCUT2D eigenvalue weighted by Gasteiger charge is -2.04. The topological polar surface area (TPSA) is 42.0 Å². The molecule has 116 valence electrons. The summed E-state index contributed by atoms with van der Waals surface area (Å²) in [5.41, 5.74) is 3.16. The first-order chi connectivity index (χ1) is 10.6. The van der Waals surface area contributed by atoms with Crippen LogP contribution in [0.5, 0.6) is 0 Å². The molecular weight excluding hydrogens is 292 g/mol. The summed E-state index contributed by atoms with van der Waals surface area (Å²) in [5.74, 6) is -0.0218. The molecule has 0 atom stereocenters. The van der Waals surface area contributed by atoms with Gasteiger partial charge in [-0.3, -0.25) is 4.79 Å². The maximum atomic E-state index is 11.9. The highest BCUT2D eigenvalue weighted by Crippen LogP contribution is 2.13. The highest BCUT2D eigenvalue weighted by Gasteiger charge is 2.01. The van der Waals surface area contributed by atoms with Crippen molar-refractivity contribution in [1.82, 2.24) is 10.3 Å². The molecule has 0 aliphatic rings. The van der Waals surface area contributed by atoms with Crippen LogP contribution in [0.4, 0.5) is 0 Å². The zero-order chi connectivity index (χ0) is 15.8. The van der Waals surface area contributed by atoms with E-state index in [9.17, 15) is 4.79 Å². The van der Waals surface area contributed by atoms with Gasteiger partial charge in [-0.25, -0.2) is 4.98 Å². The van der Waals surface area contributed by atoms with E-state index in [0.29, 0.717) is 6.54 Å². The number of carbonyl (C=O) groups is 1. The van der Waals surface area contributed by atoms with Crippen molar-refractivity contribution in [3.63, 3.8) is 0 Å². The molecule has 0 unspecified atom stereocenters. The number of hydrogen-bond donors (Lipinski definition) is 1. The zero-order valence-electron chi connectivity index (χ0n) is 13.1. The maximum absolute atomic E-state index is 11.9. The Morgan fingerprint density at radius 3 is 2.73 bits per heavy atom. The second-order valence-electron chi connectivity index (χ2n) is 5.32. The number of benzene rings is 1. The summed E-state index contributed by atoms with van der Waals surface area (Å²) >= 11 is 1.71. The predicted octanol–water partition coefficient (Wildman–Crippen LogP) is 3.99. The third kappa shape index (κ3) is 5.45. The Kier molecular flexibility index (Phi) is 6.34. The largest absolute Gasteiger partial charge is 0.353 e. The lowest BCUT2D eigenvalue weighted by molar-refractivity contribution is -0.116. The molecule has 3 nitrogen and oxygen atoms in total. The molecule has 0 aliphatic carbocycles. The summed E-state index contributed by atoms with van der Waals surface area (Å²) in [6, 6.07) is 9.95. The van der Waals surface area contributed by atoms with Crippen molar-refractivity contribution in [2.75, 3.05) is 6.54 Å². The van der Waals surface area contributed by atoms with Crippen LogP contribution in [-0.2, 0) is 11.2 Å². The van der Waals surface area contributed by atoms with Crippen LogP contribution >= 0.6 is 11.3 Å². The molecule has 1 aromatic carbocycles. The van der Waals surface area contributed by atoms with E-state index in [4.69, 9.17) is 0 Å². The molecule has 1 heterocycles. The van der Waals surface area contributed by atoms with Gasteiger partial charge in [0, 0.05) is 23.7 Å². The number of hydrogen-bond acceptors (Lipinski definition) is 3. The number of nitrogens with one attached hydrogen (secondary N) is 1. The van der Waals surface area contributed by atoms with E-state index in [1.807, 2.05) is 44.2 Å². The highest BCUT2D eigenvalue weighted by atomic mass is 32.1. The quantitative estimate of drug-likeness (QED) is 0.620. The van der Waals surface area contributed by atoms with Crippen LogP contribution in [0.25, 0.3) is 5.57 Å². The molecule has 1 aromatic heterocycles. The molecule has 1 N–H and O–H groups in total. The van der Waals surface area contributed by atoms with Crippen molar-refractivity contribution < 1.29 is 4.79 Å². The van der Waals surface area contributed by atoms with Gasteiger partial charge in [0.15, 0.2) is 0 Å². The minimum atomic E-state index is -0.0218. The van der Waals surface area contributed by atoms with Crippen molar-refractivity contribution in [3.8, 4) is 0 Å². The van der Waals surface area contributed by atoms with Crippen LogP contribution < -0.4 is 5.32 Å². The fraction of sp³-hybridized carbons (Fsp3) is 0.333. The summed E-state index contributed by atoms with van der Waals surface area (Å²) in [6.45, 7) is 4.68. The van der Waals surface area contributed by atoms with E-state index in [-0.39, 0.29) is 5.91 Å². The first-order valence-corrected chi connectivity index (χ1v) is 8.45. The van der Waals surface area contributed by atoms with Crippen LogP contribution in [-0.4, -0.2) is 17.4 Å². The third-order valence-electron chi connectivity index (χ3n) is 3.36. The average molecular weight is 314 g/mol. The monoisotopic (exact) mass is 314 g/mol. The maximum Gasteiger partial charge on any atom is 0.244 e. The Bertz CT molecular complexity index is 632. The van der Waals surface area contributed by atoms with Gasteiger partial charge in [-0.1, -0.05) is 30.3 Å². The van der Waals surface area contributed by atoms with E-state index in [2.05, 4.69) is 15.7 Å². The van der Waals surface area contributed by atoms with Crippen molar-refractivity contribution in [2.45, 2.75) is 33.1 Å². The standard InChI is InChI=1S/C18H22N2OS/c1-14(16-8-4-3-5-9-16)12-17(21)19-11-7-6-10-18-20-15(2)13-22-18/h3-5,8-9,12-13H,6-7,10-11H2,1-2H3,(H,19,21)/b14-12-. The number of aromatic nitrogens is 1. The van der Waals surface area contributed by atoms with Crippen molar-refractivity contribution >= 4 is 22.8 Å². The molecule has 0 saturated heterocycles. The highest BCUT2D eigenvalue weighted by molar-refractivity contribution is 7.09. The Balaban J connectivity index is 1.67. The molecule has 0 aliphatic heterocycles. The van der Waals surface area contributed by atoms with Gasteiger partial charge >= 0.3 is 0 Å². The summed E-state index contributed by atoms with van der Waals surface area (Å²) in [4.78, 5) is 16.3. The first kappa shape index (κ1) is 16.4. The van der Waals surface area contributed by atoms with Gasteiger partial charge in [0.05, 0.1) is 5.01 Å². The Morgan fingerprint density at radius 1 is 1.27 bits per heavy atom. The summed E-state index contributed by atoms with van der Waals surface area (Å²) in [7, 11) is 0. The van der Waals surface area contributed by atoms with Crippen LogP contribution in [0.2, 0.25) is 0 Å². The Morgan fingerprint density at radius 2 is 2.05 bits per heavy atom. The fourth-order valence-corrected chi connectivity index (χ4v) is 2.98. The lowest BCUT2D eigenvalue weighted by Crippen LogP contribution is -2.22. The number of carbonyl (C=O) groups excluding carboxylic acids is 1. The molecule has 0 bridgehead atoms. The second kappa shape index (κ2) is 8.49.